The fraction of sp³-hybridized carbons (Fsp3) is 0.714. The number of aliphatic imine (C=N–C) groups is 1. The van der Waals surface area contributed by atoms with Gasteiger partial charge in [-0.1, -0.05) is 0 Å². The minimum atomic E-state index is 0.605. The highest BCUT2D eigenvalue weighted by atomic mass is 15.3. The lowest BCUT2D eigenvalue weighted by molar-refractivity contribution is 0.380. The number of nitrogens with zero attached hydrogens (tertiary/aromatic N) is 3. The SMILES string of the molecule is CCNC(=NCc1c(C)nn(C)c1C)NC1CCC1. The Labute approximate surface area is 115 Å². The fourth-order valence-corrected chi connectivity index (χ4v) is 2.27. The normalized spacial score (nSPS) is 16.3. The monoisotopic (exact) mass is 263 g/mol. The second kappa shape index (κ2) is 6.08. The highest BCUT2D eigenvalue weighted by Gasteiger charge is 2.18. The minimum Gasteiger partial charge on any atom is -0.357 e. The summed E-state index contributed by atoms with van der Waals surface area (Å²) >= 11 is 0. The smallest absolute Gasteiger partial charge is 0.191 e. The predicted octanol–water partition coefficient (Wildman–Crippen LogP) is 1.64. The van der Waals surface area contributed by atoms with Crippen molar-refractivity contribution in [3.05, 3.63) is 17.0 Å². The maximum absolute atomic E-state index is 4.68. The van der Waals surface area contributed by atoms with Crippen molar-refractivity contribution in [1.29, 1.82) is 0 Å². The van der Waals surface area contributed by atoms with Crippen LogP contribution in [0.4, 0.5) is 0 Å². The van der Waals surface area contributed by atoms with Gasteiger partial charge in [0.15, 0.2) is 5.96 Å². The zero-order valence-electron chi connectivity index (χ0n) is 12.5. The van der Waals surface area contributed by atoms with Crippen LogP contribution in [0.5, 0.6) is 0 Å². The average molecular weight is 263 g/mol. The molecule has 5 heteroatoms. The first-order valence-corrected chi connectivity index (χ1v) is 7.15. The molecule has 2 N–H and O–H groups in total. The van der Waals surface area contributed by atoms with Crippen LogP contribution < -0.4 is 10.6 Å². The van der Waals surface area contributed by atoms with Crippen LogP contribution in [0.3, 0.4) is 0 Å². The summed E-state index contributed by atoms with van der Waals surface area (Å²) in [6.45, 7) is 7.82. The van der Waals surface area contributed by atoms with E-state index in [0.717, 1.165) is 18.2 Å². The summed E-state index contributed by atoms with van der Waals surface area (Å²) in [5.41, 5.74) is 3.50. The van der Waals surface area contributed by atoms with Gasteiger partial charge in [0.1, 0.15) is 0 Å². The van der Waals surface area contributed by atoms with Crippen molar-refractivity contribution in [3.63, 3.8) is 0 Å². The van der Waals surface area contributed by atoms with E-state index in [9.17, 15) is 0 Å². The topological polar surface area (TPSA) is 54.2 Å². The largest absolute Gasteiger partial charge is 0.357 e. The van der Waals surface area contributed by atoms with Crippen LogP contribution in [0.25, 0.3) is 0 Å². The van der Waals surface area contributed by atoms with Crippen LogP contribution >= 0.6 is 0 Å². The van der Waals surface area contributed by atoms with Gasteiger partial charge in [-0.3, -0.25) is 4.68 Å². The van der Waals surface area contributed by atoms with Crippen molar-refractivity contribution in [2.45, 2.75) is 52.6 Å². The van der Waals surface area contributed by atoms with Crippen LogP contribution in [0.2, 0.25) is 0 Å². The van der Waals surface area contributed by atoms with Crippen LogP contribution in [0, 0.1) is 13.8 Å². The molecule has 19 heavy (non-hydrogen) atoms. The number of hydrogen-bond acceptors (Lipinski definition) is 2. The zero-order chi connectivity index (χ0) is 13.8. The maximum atomic E-state index is 4.68. The van der Waals surface area contributed by atoms with Crippen molar-refractivity contribution in [2.24, 2.45) is 12.0 Å². The first-order chi connectivity index (χ1) is 9.11. The summed E-state index contributed by atoms with van der Waals surface area (Å²) in [5.74, 6) is 0.926. The number of nitrogens with one attached hydrogen (secondary N) is 2. The van der Waals surface area contributed by atoms with Gasteiger partial charge in [0.25, 0.3) is 0 Å². The molecule has 0 spiro atoms. The Morgan fingerprint density at radius 2 is 2.16 bits per heavy atom. The molecular formula is C14H25N5. The third-order valence-electron chi connectivity index (χ3n) is 3.84. The Kier molecular flexibility index (Phi) is 4.45. The summed E-state index contributed by atoms with van der Waals surface area (Å²) < 4.78 is 1.92. The van der Waals surface area contributed by atoms with Crippen LogP contribution in [-0.4, -0.2) is 28.3 Å². The van der Waals surface area contributed by atoms with Crippen molar-refractivity contribution in [3.8, 4) is 0 Å². The molecule has 1 fully saturated rings. The van der Waals surface area contributed by atoms with Crippen molar-refractivity contribution >= 4 is 5.96 Å². The summed E-state index contributed by atoms with van der Waals surface area (Å²) in [7, 11) is 1.98. The Morgan fingerprint density at radius 1 is 1.42 bits per heavy atom. The first kappa shape index (κ1) is 13.9. The van der Waals surface area contributed by atoms with E-state index in [1.54, 1.807) is 0 Å². The summed E-state index contributed by atoms with van der Waals surface area (Å²) in [6.07, 6.45) is 3.85. The lowest BCUT2D eigenvalue weighted by Gasteiger charge is -2.28. The van der Waals surface area contributed by atoms with Crippen LogP contribution in [0.15, 0.2) is 4.99 Å². The molecule has 106 valence electrons. The summed E-state index contributed by atoms with van der Waals surface area (Å²) in [4.78, 5) is 4.68. The minimum absolute atomic E-state index is 0.605. The van der Waals surface area contributed by atoms with E-state index in [4.69, 9.17) is 0 Å². The van der Waals surface area contributed by atoms with E-state index >= 15 is 0 Å². The van der Waals surface area contributed by atoms with E-state index in [2.05, 4.69) is 34.6 Å². The van der Waals surface area contributed by atoms with E-state index < -0.39 is 0 Å². The van der Waals surface area contributed by atoms with Gasteiger partial charge in [-0.2, -0.15) is 5.10 Å². The summed E-state index contributed by atoms with van der Waals surface area (Å²) in [5, 5.41) is 11.2. The Balaban J connectivity index is 2.03. The second-order valence-corrected chi connectivity index (χ2v) is 5.24. The standard InChI is InChI=1S/C14H25N5/c1-5-15-14(17-12-7-6-8-12)16-9-13-10(2)18-19(4)11(13)3/h12H,5-9H2,1-4H3,(H2,15,16,17). The van der Waals surface area contributed by atoms with Gasteiger partial charge in [-0.05, 0) is 40.0 Å². The molecule has 0 radical (unpaired) electrons. The Morgan fingerprint density at radius 3 is 2.63 bits per heavy atom. The molecule has 1 saturated carbocycles. The van der Waals surface area contributed by atoms with Gasteiger partial charge in [0, 0.05) is 30.9 Å². The molecule has 1 aromatic rings. The van der Waals surface area contributed by atoms with Crippen molar-refractivity contribution in [1.82, 2.24) is 20.4 Å². The predicted molar refractivity (Wildman–Crippen MR) is 78.3 cm³/mol. The van der Waals surface area contributed by atoms with Crippen molar-refractivity contribution in [2.75, 3.05) is 6.54 Å². The zero-order valence-corrected chi connectivity index (χ0v) is 12.5. The molecule has 0 unspecified atom stereocenters. The number of aromatic nitrogens is 2. The average Bonchev–Trinajstić information content (AvgIpc) is 2.55. The fourth-order valence-electron chi connectivity index (χ4n) is 2.27. The second-order valence-electron chi connectivity index (χ2n) is 5.24. The third-order valence-corrected chi connectivity index (χ3v) is 3.84. The van der Waals surface area contributed by atoms with Gasteiger partial charge in [0.2, 0.25) is 0 Å². The molecule has 0 saturated heterocycles. The Hall–Kier alpha value is -1.52. The highest BCUT2D eigenvalue weighted by molar-refractivity contribution is 5.80. The molecule has 1 aliphatic carbocycles. The maximum Gasteiger partial charge on any atom is 0.191 e. The lowest BCUT2D eigenvalue weighted by Crippen LogP contribution is -2.46. The van der Waals surface area contributed by atoms with E-state index in [1.165, 1.54) is 30.5 Å². The first-order valence-electron chi connectivity index (χ1n) is 7.15. The molecule has 0 bridgehead atoms. The molecular weight excluding hydrogens is 238 g/mol. The molecule has 1 aromatic heterocycles. The van der Waals surface area contributed by atoms with E-state index in [0.29, 0.717) is 12.6 Å². The number of hydrogen-bond donors (Lipinski definition) is 2. The molecule has 2 rings (SSSR count). The van der Waals surface area contributed by atoms with Crippen molar-refractivity contribution < 1.29 is 0 Å². The van der Waals surface area contributed by atoms with E-state index in [-0.39, 0.29) is 0 Å². The molecule has 0 atom stereocenters. The summed E-state index contributed by atoms with van der Waals surface area (Å²) in [6, 6.07) is 0.605. The van der Waals surface area contributed by atoms with Gasteiger partial charge in [0.05, 0.1) is 12.2 Å². The number of aryl methyl sites for hydroxylation is 2. The number of guanidine groups is 1. The van der Waals surface area contributed by atoms with Gasteiger partial charge in [-0.15, -0.1) is 0 Å². The molecule has 0 aromatic carbocycles. The quantitative estimate of drug-likeness (QED) is 0.641. The Bertz CT molecular complexity index is 457. The van der Waals surface area contributed by atoms with Gasteiger partial charge >= 0.3 is 0 Å². The molecule has 1 heterocycles. The van der Waals surface area contributed by atoms with Gasteiger partial charge in [-0.25, -0.2) is 4.99 Å². The van der Waals surface area contributed by atoms with Crippen LogP contribution in [-0.2, 0) is 13.6 Å². The van der Waals surface area contributed by atoms with Crippen LogP contribution in [0.1, 0.15) is 43.1 Å². The lowest BCUT2D eigenvalue weighted by atomic mass is 9.93. The molecule has 5 nitrogen and oxygen atoms in total. The molecule has 0 aliphatic heterocycles. The van der Waals surface area contributed by atoms with Gasteiger partial charge < -0.3 is 10.6 Å². The van der Waals surface area contributed by atoms with E-state index in [1.807, 2.05) is 18.7 Å². The molecule has 1 aliphatic rings. The highest BCUT2D eigenvalue weighted by Crippen LogP contribution is 2.18. The molecule has 0 amide bonds. The third kappa shape index (κ3) is 3.28. The number of rotatable bonds is 4.